The van der Waals surface area contributed by atoms with Crippen molar-refractivity contribution < 1.29 is 19.7 Å². The van der Waals surface area contributed by atoms with Crippen LogP contribution in [0.2, 0.25) is 0 Å². The number of aliphatic carboxylic acids is 1. The zero-order valence-corrected chi connectivity index (χ0v) is 15.3. The fourth-order valence-corrected chi connectivity index (χ4v) is 3.81. The molecule has 0 aliphatic carbocycles. The predicted molar refractivity (Wildman–Crippen MR) is 87.1 cm³/mol. The Morgan fingerprint density at radius 3 is 2.35 bits per heavy atom. The first-order valence-corrected chi connectivity index (χ1v) is 8.05. The van der Waals surface area contributed by atoms with Crippen LogP contribution >= 0.6 is 47.8 Å². The normalized spacial score (nSPS) is 13.2. The number of benzene rings is 1. The molecule has 1 unspecified atom stereocenters. The van der Waals surface area contributed by atoms with Gasteiger partial charge < -0.3 is 14.9 Å². The maximum absolute atomic E-state index is 10.7. The minimum absolute atomic E-state index is 0.210. The molecule has 0 spiro atoms. The van der Waals surface area contributed by atoms with Crippen LogP contribution in [-0.4, -0.2) is 28.9 Å². The van der Waals surface area contributed by atoms with Crippen LogP contribution in [0, 0.1) is 0 Å². The van der Waals surface area contributed by atoms with Gasteiger partial charge in [0.2, 0.25) is 0 Å². The number of aliphatic hydroxyl groups is 1. The summed E-state index contributed by atoms with van der Waals surface area (Å²) in [5.74, 6) is -0.415. The summed E-state index contributed by atoms with van der Waals surface area (Å²) >= 11 is 10.1. The van der Waals surface area contributed by atoms with Crippen molar-refractivity contribution in [1.82, 2.24) is 0 Å². The van der Waals surface area contributed by atoms with Crippen LogP contribution in [0.1, 0.15) is 13.3 Å². The molecule has 0 aromatic heterocycles. The number of hydrogen-bond acceptors (Lipinski definition) is 3. The molecule has 20 heavy (non-hydrogen) atoms. The van der Waals surface area contributed by atoms with Crippen LogP contribution in [0.4, 0.5) is 0 Å². The fraction of sp³-hybridized carbons (Fsp3) is 0.308. The van der Waals surface area contributed by atoms with Crippen LogP contribution in [0.3, 0.4) is 0 Å². The minimum Gasteiger partial charge on any atom is -0.485 e. The highest BCUT2D eigenvalue weighted by atomic mass is 79.9. The second kappa shape index (κ2) is 8.17. The Labute approximate surface area is 142 Å². The largest absolute Gasteiger partial charge is 0.485 e. The Morgan fingerprint density at radius 1 is 1.35 bits per heavy atom. The summed E-state index contributed by atoms with van der Waals surface area (Å²) in [6, 6.07) is 3.65. The maximum atomic E-state index is 10.7. The molecule has 1 aromatic rings. The second-order valence-electron chi connectivity index (χ2n) is 4.05. The van der Waals surface area contributed by atoms with E-state index in [4.69, 9.17) is 9.84 Å². The molecule has 1 atom stereocenters. The summed E-state index contributed by atoms with van der Waals surface area (Å²) in [4.78, 5) is 10.7. The van der Waals surface area contributed by atoms with Gasteiger partial charge in [0.05, 0.1) is 15.6 Å². The first-order valence-electron chi connectivity index (χ1n) is 5.67. The van der Waals surface area contributed by atoms with E-state index < -0.39 is 12.1 Å². The summed E-state index contributed by atoms with van der Waals surface area (Å²) in [6.07, 6.45) is 1.33. The predicted octanol–water partition coefficient (Wildman–Crippen LogP) is 4.13. The molecule has 0 aliphatic rings. The van der Waals surface area contributed by atoms with Crippen molar-refractivity contribution in [2.75, 3.05) is 6.61 Å². The topological polar surface area (TPSA) is 66.8 Å². The third-order valence-electron chi connectivity index (χ3n) is 2.48. The van der Waals surface area contributed by atoms with Crippen LogP contribution in [0.15, 0.2) is 37.2 Å². The highest BCUT2D eigenvalue weighted by Gasteiger charge is 2.14. The quantitative estimate of drug-likeness (QED) is 0.611. The van der Waals surface area contributed by atoms with Gasteiger partial charge in [-0.2, -0.15) is 0 Å². The van der Waals surface area contributed by atoms with Crippen molar-refractivity contribution in [3.63, 3.8) is 0 Å². The Morgan fingerprint density at radius 2 is 1.90 bits per heavy atom. The Balaban J connectivity index is 2.84. The van der Waals surface area contributed by atoms with Crippen molar-refractivity contribution >= 4 is 53.8 Å². The van der Waals surface area contributed by atoms with Crippen molar-refractivity contribution in [2.45, 2.75) is 19.4 Å². The maximum Gasteiger partial charge on any atom is 0.330 e. The van der Waals surface area contributed by atoms with E-state index in [1.165, 1.54) is 13.0 Å². The summed E-state index contributed by atoms with van der Waals surface area (Å²) in [5.41, 5.74) is 0.223. The number of aliphatic hydroxyl groups excluding tert-OH is 1. The van der Waals surface area contributed by atoms with Crippen molar-refractivity contribution in [1.29, 1.82) is 0 Å². The lowest BCUT2D eigenvalue weighted by atomic mass is 10.2. The smallest absolute Gasteiger partial charge is 0.330 e. The van der Waals surface area contributed by atoms with E-state index in [0.29, 0.717) is 12.2 Å². The van der Waals surface area contributed by atoms with Crippen molar-refractivity contribution in [3.8, 4) is 5.75 Å². The van der Waals surface area contributed by atoms with Gasteiger partial charge in [-0.1, -0.05) is 22.0 Å². The Hall–Kier alpha value is -0.370. The summed E-state index contributed by atoms with van der Waals surface area (Å²) in [5, 5.41) is 18.1. The number of rotatable bonds is 6. The van der Waals surface area contributed by atoms with E-state index in [0.717, 1.165) is 13.4 Å². The van der Waals surface area contributed by atoms with Crippen LogP contribution in [0.25, 0.3) is 0 Å². The SMILES string of the molecule is CC(=CCC(CO)Oc1c(Br)cc(Br)cc1Br)C(=O)O. The fourth-order valence-electron chi connectivity index (χ4n) is 1.36. The number of hydrogen-bond donors (Lipinski definition) is 2. The van der Waals surface area contributed by atoms with Gasteiger partial charge in [0.15, 0.2) is 0 Å². The molecule has 0 aliphatic heterocycles. The van der Waals surface area contributed by atoms with E-state index in [9.17, 15) is 9.90 Å². The first kappa shape index (κ1) is 17.7. The third-order valence-corrected chi connectivity index (χ3v) is 4.11. The first-order chi connectivity index (χ1) is 9.35. The highest BCUT2D eigenvalue weighted by Crippen LogP contribution is 2.37. The molecule has 1 rings (SSSR count). The molecule has 0 saturated heterocycles. The van der Waals surface area contributed by atoms with Gasteiger partial charge >= 0.3 is 5.97 Å². The molecule has 0 heterocycles. The van der Waals surface area contributed by atoms with Gasteiger partial charge in [0.25, 0.3) is 0 Å². The molecule has 0 fully saturated rings. The zero-order valence-electron chi connectivity index (χ0n) is 10.6. The number of halogens is 3. The van der Waals surface area contributed by atoms with E-state index in [-0.39, 0.29) is 12.2 Å². The number of carboxylic acids is 1. The Bertz CT molecular complexity index is 505. The highest BCUT2D eigenvalue weighted by molar-refractivity contribution is 9.11. The molecular formula is C13H13Br3O4. The molecule has 0 amide bonds. The molecule has 110 valence electrons. The average molecular weight is 473 g/mol. The molecule has 2 N–H and O–H groups in total. The zero-order chi connectivity index (χ0) is 15.3. The van der Waals surface area contributed by atoms with Gasteiger partial charge in [-0.15, -0.1) is 0 Å². The molecular weight excluding hydrogens is 460 g/mol. The third kappa shape index (κ3) is 5.20. The number of ether oxygens (including phenoxy) is 1. The van der Waals surface area contributed by atoms with E-state index >= 15 is 0 Å². The monoisotopic (exact) mass is 470 g/mol. The van der Waals surface area contributed by atoms with E-state index in [2.05, 4.69) is 47.8 Å². The standard InChI is InChI=1S/C13H13Br3O4/c1-7(13(18)19)2-3-9(6-17)20-12-10(15)4-8(14)5-11(12)16/h2,4-5,9,17H,3,6H2,1H3,(H,18,19). The molecule has 4 nitrogen and oxygen atoms in total. The lowest BCUT2D eigenvalue weighted by Crippen LogP contribution is -2.21. The molecule has 0 radical (unpaired) electrons. The summed E-state index contributed by atoms with van der Waals surface area (Å²) in [6.45, 7) is 1.29. The van der Waals surface area contributed by atoms with Gasteiger partial charge in [-0.3, -0.25) is 0 Å². The lowest BCUT2D eigenvalue weighted by molar-refractivity contribution is -0.132. The number of carbonyl (C=O) groups is 1. The van der Waals surface area contributed by atoms with E-state index in [1.807, 2.05) is 12.1 Å². The molecule has 7 heteroatoms. The molecule has 1 aromatic carbocycles. The average Bonchev–Trinajstić information content (AvgIpc) is 2.36. The van der Waals surface area contributed by atoms with Gasteiger partial charge in [0.1, 0.15) is 11.9 Å². The second-order valence-corrected chi connectivity index (χ2v) is 6.67. The molecule has 0 bridgehead atoms. The van der Waals surface area contributed by atoms with Gasteiger partial charge in [0, 0.05) is 16.5 Å². The van der Waals surface area contributed by atoms with Gasteiger partial charge in [-0.25, -0.2) is 4.79 Å². The van der Waals surface area contributed by atoms with Crippen molar-refractivity contribution in [2.24, 2.45) is 0 Å². The Kier molecular flexibility index (Phi) is 7.22. The van der Waals surface area contributed by atoms with Crippen LogP contribution in [0.5, 0.6) is 5.75 Å². The minimum atomic E-state index is -0.979. The number of carboxylic acid groups (broad SMARTS) is 1. The van der Waals surface area contributed by atoms with Crippen LogP contribution < -0.4 is 4.74 Å². The van der Waals surface area contributed by atoms with Crippen LogP contribution in [-0.2, 0) is 4.79 Å². The summed E-state index contributed by atoms with van der Waals surface area (Å²) in [7, 11) is 0. The molecule has 0 saturated carbocycles. The lowest BCUT2D eigenvalue weighted by Gasteiger charge is -2.18. The van der Waals surface area contributed by atoms with E-state index in [1.54, 1.807) is 0 Å². The van der Waals surface area contributed by atoms with Gasteiger partial charge in [-0.05, 0) is 50.9 Å². The van der Waals surface area contributed by atoms with Crippen molar-refractivity contribution in [3.05, 3.63) is 37.2 Å². The summed E-state index contributed by atoms with van der Waals surface area (Å²) < 4.78 is 8.05.